The van der Waals surface area contributed by atoms with Crippen molar-refractivity contribution in [3.8, 4) is 0 Å². The first-order valence-electron chi connectivity index (χ1n) is 4.84. The summed E-state index contributed by atoms with van der Waals surface area (Å²) in [6, 6.07) is 0. The summed E-state index contributed by atoms with van der Waals surface area (Å²) in [6.07, 6.45) is 1.88. The normalized spacial score (nSPS) is 11.6. The van der Waals surface area contributed by atoms with E-state index >= 15 is 0 Å². The molecule has 0 unspecified atom stereocenters. The van der Waals surface area contributed by atoms with E-state index in [1.807, 2.05) is 26.8 Å². The summed E-state index contributed by atoms with van der Waals surface area (Å²) in [4.78, 5) is 14.0. The predicted octanol–water partition coefficient (Wildman–Crippen LogP) is 3.49. The molecule has 86 valence electrons. The van der Waals surface area contributed by atoms with Gasteiger partial charge in [0.25, 0.3) is 0 Å². The summed E-state index contributed by atoms with van der Waals surface area (Å²) in [7, 11) is 0. The van der Waals surface area contributed by atoms with Crippen LogP contribution in [0.15, 0.2) is 12.7 Å². The van der Waals surface area contributed by atoms with Crippen LogP contribution >= 0.6 is 15.9 Å². The lowest BCUT2D eigenvalue weighted by molar-refractivity contribution is -0.130. The standard InChI is InChI=1S/C12H14BrNO2/c1-5-9(13)10-6(2)8(4)14-11(10)7(3)12(15)16/h5,14H,3H2,1-2,4H3,(H,15,16)/b9-5+. The maximum absolute atomic E-state index is 10.9. The van der Waals surface area contributed by atoms with Gasteiger partial charge in [0, 0.05) is 15.7 Å². The van der Waals surface area contributed by atoms with Crippen molar-refractivity contribution >= 4 is 32.0 Å². The van der Waals surface area contributed by atoms with Crippen molar-refractivity contribution in [3.05, 3.63) is 35.2 Å². The fourth-order valence-electron chi connectivity index (χ4n) is 1.49. The molecule has 0 aromatic carbocycles. The molecule has 0 fully saturated rings. The third-order valence-electron chi connectivity index (χ3n) is 2.55. The molecule has 0 radical (unpaired) electrons. The number of carboxylic acid groups (broad SMARTS) is 1. The molecule has 0 aliphatic rings. The number of carboxylic acids is 1. The number of nitrogens with one attached hydrogen (secondary N) is 1. The summed E-state index contributed by atoms with van der Waals surface area (Å²) in [5.74, 6) is -1.01. The van der Waals surface area contributed by atoms with Gasteiger partial charge in [-0.1, -0.05) is 28.6 Å². The number of halogens is 1. The molecule has 1 aromatic rings. The van der Waals surface area contributed by atoms with Gasteiger partial charge in [0.15, 0.2) is 0 Å². The zero-order valence-electron chi connectivity index (χ0n) is 9.52. The van der Waals surface area contributed by atoms with Crippen LogP contribution in [0.25, 0.3) is 10.1 Å². The van der Waals surface area contributed by atoms with Crippen LogP contribution in [0, 0.1) is 13.8 Å². The van der Waals surface area contributed by atoms with E-state index < -0.39 is 5.97 Å². The smallest absolute Gasteiger partial charge is 0.337 e. The van der Waals surface area contributed by atoms with E-state index in [1.54, 1.807) is 0 Å². The van der Waals surface area contributed by atoms with Gasteiger partial charge in [-0.3, -0.25) is 0 Å². The molecule has 2 N–H and O–H groups in total. The van der Waals surface area contributed by atoms with Crippen molar-refractivity contribution in [1.29, 1.82) is 0 Å². The lowest BCUT2D eigenvalue weighted by Gasteiger charge is -2.04. The second-order valence-electron chi connectivity index (χ2n) is 3.55. The fraction of sp³-hybridized carbons (Fsp3) is 0.250. The first kappa shape index (κ1) is 12.8. The predicted molar refractivity (Wildman–Crippen MR) is 69.5 cm³/mol. The average Bonchev–Trinajstić information content (AvgIpc) is 2.53. The first-order chi connectivity index (χ1) is 7.40. The third-order valence-corrected chi connectivity index (χ3v) is 3.41. The van der Waals surface area contributed by atoms with Gasteiger partial charge in [0.2, 0.25) is 0 Å². The molecule has 1 aromatic heterocycles. The molecule has 0 aliphatic heterocycles. The van der Waals surface area contributed by atoms with E-state index in [1.165, 1.54) is 0 Å². The summed E-state index contributed by atoms with van der Waals surface area (Å²) < 4.78 is 0.867. The molecule has 1 heterocycles. The molecule has 0 aliphatic carbocycles. The number of aromatic nitrogens is 1. The quantitative estimate of drug-likeness (QED) is 0.835. The van der Waals surface area contributed by atoms with Gasteiger partial charge >= 0.3 is 5.97 Å². The van der Waals surface area contributed by atoms with E-state index in [2.05, 4.69) is 27.5 Å². The first-order valence-corrected chi connectivity index (χ1v) is 5.63. The molecular formula is C12H14BrNO2. The number of aromatic amines is 1. The largest absolute Gasteiger partial charge is 0.478 e. The van der Waals surface area contributed by atoms with Gasteiger partial charge < -0.3 is 10.1 Å². The maximum atomic E-state index is 10.9. The minimum absolute atomic E-state index is 0.0741. The SMILES string of the molecule is C=C(C(=O)O)c1[nH]c(C)c(C)c1/C(Br)=C\C. The highest BCUT2D eigenvalue weighted by molar-refractivity contribution is 9.15. The van der Waals surface area contributed by atoms with Gasteiger partial charge in [-0.25, -0.2) is 4.79 Å². The van der Waals surface area contributed by atoms with Gasteiger partial charge in [-0.2, -0.15) is 0 Å². The minimum Gasteiger partial charge on any atom is -0.478 e. The summed E-state index contributed by atoms with van der Waals surface area (Å²) in [5.41, 5.74) is 3.48. The Morgan fingerprint density at radius 2 is 2.06 bits per heavy atom. The number of hydrogen-bond donors (Lipinski definition) is 2. The highest BCUT2D eigenvalue weighted by Crippen LogP contribution is 2.33. The number of rotatable bonds is 3. The molecule has 0 amide bonds. The monoisotopic (exact) mass is 283 g/mol. The molecule has 0 bridgehead atoms. The van der Waals surface area contributed by atoms with Crippen molar-refractivity contribution in [1.82, 2.24) is 4.98 Å². The highest BCUT2D eigenvalue weighted by Gasteiger charge is 2.19. The Labute approximate surface area is 103 Å². The Morgan fingerprint density at radius 1 is 1.50 bits per heavy atom. The summed E-state index contributed by atoms with van der Waals surface area (Å²) >= 11 is 3.42. The number of allylic oxidation sites excluding steroid dienone is 1. The Hall–Kier alpha value is -1.29. The van der Waals surface area contributed by atoms with Crippen molar-refractivity contribution in [2.75, 3.05) is 0 Å². The van der Waals surface area contributed by atoms with E-state index in [4.69, 9.17) is 5.11 Å². The Balaban J connectivity index is 3.46. The van der Waals surface area contributed by atoms with Gasteiger partial charge in [0.05, 0.1) is 11.3 Å². The Kier molecular flexibility index (Phi) is 3.75. The number of H-pyrrole nitrogens is 1. The average molecular weight is 284 g/mol. The number of aryl methyl sites for hydroxylation is 1. The van der Waals surface area contributed by atoms with E-state index in [0.717, 1.165) is 21.3 Å². The number of hydrogen-bond acceptors (Lipinski definition) is 1. The number of carbonyl (C=O) groups is 1. The lowest BCUT2D eigenvalue weighted by atomic mass is 10.1. The minimum atomic E-state index is -1.01. The van der Waals surface area contributed by atoms with Gasteiger partial charge in [-0.15, -0.1) is 0 Å². The second-order valence-corrected chi connectivity index (χ2v) is 4.40. The molecule has 0 saturated heterocycles. The third kappa shape index (κ3) is 2.11. The molecule has 4 heteroatoms. The fourth-order valence-corrected chi connectivity index (χ4v) is 1.99. The van der Waals surface area contributed by atoms with Crippen LogP contribution in [-0.4, -0.2) is 16.1 Å². The van der Waals surface area contributed by atoms with E-state index in [0.29, 0.717) is 5.69 Å². The van der Waals surface area contributed by atoms with Crippen molar-refractivity contribution in [3.63, 3.8) is 0 Å². The van der Waals surface area contributed by atoms with Crippen molar-refractivity contribution in [2.45, 2.75) is 20.8 Å². The molecule has 3 nitrogen and oxygen atoms in total. The van der Waals surface area contributed by atoms with Crippen molar-refractivity contribution in [2.24, 2.45) is 0 Å². The van der Waals surface area contributed by atoms with Crippen LogP contribution in [-0.2, 0) is 4.79 Å². The summed E-state index contributed by atoms with van der Waals surface area (Å²) in [5, 5.41) is 8.96. The van der Waals surface area contributed by atoms with Crippen LogP contribution in [0.2, 0.25) is 0 Å². The maximum Gasteiger partial charge on any atom is 0.337 e. The molecule has 0 atom stereocenters. The topological polar surface area (TPSA) is 53.1 Å². The zero-order chi connectivity index (χ0) is 12.5. The van der Waals surface area contributed by atoms with Crippen LogP contribution in [0.3, 0.4) is 0 Å². The zero-order valence-corrected chi connectivity index (χ0v) is 11.1. The molecule has 0 saturated carbocycles. The molecular weight excluding hydrogens is 270 g/mol. The van der Waals surface area contributed by atoms with Crippen molar-refractivity contribution < 1.29 is 9.90 Å². The van der Waals surface area contributed by atoms with E-state index in [9.17, 15) is 4.79 Å². The van der Waals surface area contributed by atoms with Gasteiger partial charge in [0.1, 0.15) is 0 Å². The lowest BCUT2D eigenvalue weighted by Crippen LogP contribution is -2.00. The second kappa shape index (κ2) is 4.70. The molecule has 0 spiro atoms. The Bertz CT molecular complexity index is 483. The van der Waals surface area contributed by atoms with Crippen LogP contribution in [0.4, 0.5) is 0 Å². The van der Waals surface area contributed by atoms with E-state index in [-0.39, 0.29) is 5.57 Å². The highest BCUT2D eigenvalue weighted by atomic mass is 79.9. The van der Waals surface area contributed by atoms with Gasteiger partial charge in [-0.05, 0) is 26.3 Å². The molecule has 16 heavy (non-hydrogen) atoms. The molecule has 1 rings (SSSR count). The number of aliphatic carboxylic acids is 1. The Morgan fingerprint density at radius 3 is 2.50 bits per heavy atom. The van der Waals surface area contributed by atoms with Crippen LogP contribution in [0.1, 0.15) is 29.4 Å². The van der Waals surface area contributed by atoms with Crippen LogP contribution < -0.4 is 0 Å². The van der Waals surface area contributed by atoms with Crippen LogP contribution in [0.5, 0.6) is 0 Å². The summed E-state index contributed by atoms with van der Waals surface area (Å²) in [6.45, 7) is 9.32.